The monoisotopic (exact) mass is 570 g/mol. The van der Waals surface area contributed by atoms with E-state index >= 15 is 0 Å². The van der Waals surface area contributed by atoms with E-state index in [9.17, 15) is 0 Å². The average Bonchev–Trinajstić information content (AvgIpc) is 3.10. The molecule has 6 rings (SSSR count). The number of para-hydroxylation sites is 1. The quantitative estimate of drug-likeness (QED) is 0.172. The molecule has 1 aliphatic rings. The summed E-state index contributed by atoms with van der Waals surface area (Å²) >= 11 is 0. The van der Waals surface area contributed by atoms with Gasteiger partial charge in [-0.15, -0.1) is 0 Å². The van der Waals surface area contributed by atoms with E-state index in [1.807, 2.05) is 0 Å². The molecule has 0 atom stereocenters. The number of hydrogen-bond donors (Lipinski definition) is 2. The second kappa shape index (κ2) is 13.8. The summed E-state index contributed by atoms with van der Waals surface area (Å²) in [5.74, 6) is 0. The highest BCUT2D eigenvalue weighted by Gasteiger charge is 2.17. The third-order valence-electron chi connectivity index (χ3n) is 8.05. The first kappa shape index (κ1) is 28.8. The maximum absolute atomic E-state index is 3.87. The zero-order valence-electron chi connectivity index (χ0n) is 25.4. The van der Waals surface area contributed by atoms with Crippen molar-refractivity contribution in [1.29, 1.82) is 0 Å². The van der Waals surface area contributed by atoms with Gasteiger partial charge in [-0.3, -0.25) is 0 Å². The number of hydrogen-bond acceptors (Lipinski definition) is 2. The van der Waals surface area contributed by atoms with Crippen molar-refractivity contribution in [1.82, 2.24) is 0 Å². The minimum absolute atomic E-state index is 1.05. The van der Waals surface area contributed by atoms with Gasteiger partial charge >= 0.3 is 0 Å². The zero-order chi connectivity index (χ0) is 30.1. The van der Waals surface area contributed by atoms with Gasteiger partial charge in [0.1, 0.15) is 0 Å². The Bertz CT molecular complexity index is 1840. The van der Waals surface area contributed by atoms with E-state index in [4.69, 9.17) is 0 Å². The minimum atomic E-state index is 1.05. The van der Waals surface area contributed by atoms with Crippen LogP contribution in [-0.4, -0.2) is 0 Å². The first-order valence-electron chi connectivity index (χ1n) is 15.4. The summed E-state index contributed by atoms with van der Waals surface area (Å²) in [6.07, 6.45) is 13.4. The van der Waals surface area contributed by atoms with Crippen molar-refractivity contribution < 1.29 is 0 Å². The SMILES string of the molecule is C/C=C(\C(=C/C)Nc1cc(-c2ccccc2)c(Nc2ccccc2C2=CCCC=C2)cc1-c1ccccc1)c1ccccc1. The van der Waals surface area contributed by atoms with Crippen LogP contribution in [0, 0.1) is 0 Å². The van der Waals surface area contributed by atoms with Gasteiger partial charge in [0.2, 0.25) is 0 Å². The van der Waals surface area contributed by atoms with Gasteiger partial charge < -0.3 is 10.6 Å². The molecule has 0 unspecified atom stereocenters. The fourth-order valence-electron chi connectivity index (χ4n) is 5.86. The van der Waals surface area contributed by atoms with Crippen molar-refractivity contribution in [2.75, 3.05) is 10.6 Å². The highest BCUT2D eigenvalue weighted by atomic mass is 14.9. The van der Waals surface area contributed by atoms with Crippen molar-refractivity contribution >= 4 is 28.2 Å². The number of nitrogens with one attached hydrogen (secondary N) is 2. The largest absolute Gasteiger partial charge is 0.355 e. The number of rotatable bonds is 9. The van der Waals surface area contributed by atoms with E-state index in [1.54, 1.807) is 0 Å². The lowest BCUT2D eigenvalue weighted by molar-refractivity contribution is 1.04. The maximum Gasteiger partial charge on any atom is 0.0471 e. The molecule has 0 heterocycles. The Labute approximate surface area is 261 Å². The average molecular weight is 571 g/mol. The molecule has 5 aromatic carbocycles. The third kappa shape index (κ3) is 6.35. The lowest BCUT2D eigenvalue weighted by Crippen LogP contribution is -2.05. The van der Waals surface area contributed by atoms with E-state index in [0.29, 0.717) is 0 Å². The summed E-state index contributed by atoms with van der Waals surface area (Å²) in [5.41, 5.74) is 13.7. The van der Waals surface area contributed by atoms with Crippen molar-refractivity contribution in [3.8, 4) is 22.3 Å². The summed E-state index contributed by atoms with van der Waals surface area (Å²) in [6.45, 7) is 4.19. The molecule has 0 radical (unpaired) electrons. The zero-order valence-corrected chi connectivity index (χ0v) is 25.4. The van der Waals surface area contributed by atoms with Crippen LogP contribution in [0.5, 0.6) is 0 Å². The predicted molar refractivity (Wildman–Crippen MR) is 191 cm³/mol. The molecule has 0 fully saturated rings. The molecular weight excluding hydrogens is 532 g/mol. The third-order valence-corrected chi connectivity index (χ3v) is 8.05. The molecule has 5 aromatic rings. The lowest BCUT2D eigenvalue weighted by atomic mass is 9.94. The smallest absolute Gasteiger partial charge is 0.0471 e. The molecule has 1 aliphatic carbocycles. The van der Waals surface area contributed by atoms with Gasteiger partial charge in [0.05, 0.1) is 0 Å². The second-order valence-corrected chi connectivity index (χ2v) is 10.9. The second-order valence-electron chi connectivity index (χ2n) is 10.9. The molecule has 0 aromatic heterocycles. The van der Waals surface area contributed by atoms with Crippen LogP contribution < -0.4 is 10.6 Å². The molecule has 0 aliphatic heterocycles. The Kier molecular flexibility index (Phi) is 8.99. The summed E-state index contributed by atoms with van der Waals surface area (Å²) < 4.78 is 0. The Balaban J connectivity index is 1.51. The molecule has 2 heteroatoms. The molecule has 0 saturated heterocycles. The van der Waals surface area contributed by atoms with Crippen molar-refractivity contribution in [3.05, 3.63) is 175 Å². The first-order chi connectivity index (χ1) is 21.7. The highest BCUT2D eigenvalue weighted by molar-refractivity contribution is 5.95. The summed E-state index contributed by atoms with van der Waals surface area (Å²) in [5, 5.41) is 7.73. The van der Waals surface area contributed by atoms with Gasteiger partial charge in [0.15, 0.2) is 0 Å². The number of allylic oxidation sites excluding steroid dienone is 7. The molecule has 0 saturated carbocycles. The van der Waals surface area contributed by atoms with Crippen LogP contribution >= 0.6 is 0 Å². The van der Waals surface area contributed by atoms with E-state index in [1.165, 1.54) is 22.3 Å². The van der Waals surface area contributed by atoms with Gasteiger partial charge in [0, 0.05) is 45.0 Å². The van der Waals surface area contributed by atoms with Crippen LogP contribution in [-0.2, 0) is 0 Å². The molecule has 0 spiro atoms. The van der Waals surface area contributed by atoms with Crippen molar-refractivity contribution in [2.45, 2.75) is 26.7 Å². The van der Waals surface area contributed by atoms with Crippen LogP contribution in [0.3, 0.4) is 0 Å². The molecule has 2 N–H and O–H groups in total. The van der Waals surface area contributed by atoms with Gasteiger partial charge in [0.25, 0.3) is 0 Å². The highest BCUT2D eigenvalue weighted by Crippen LogP contribution is 2.42. The van der Waals surface area contributed by atoms with Crippen LogP contribution in [0.4, 0.5) is 17.1 Å². The minimum Gasteiger partial charge on any atom is -0.355 e. The first-order valence-corrected chi connectivity index (χ1v) is 15.4. The van der Waals surface area contributed by atoms with Gasteiger partial charge in [-0.05, 0) is 67.2 Å². The topological polar surface area (TPSA) is 24.1 Å². The summed E-state index contributed by atoms with van der Waals surface area (Å²) in [7, 11) is 0. The molecule has 2 nitrogen and oxygen atoms in total. The lowest BCUT2D eigenvalue weighted by Gasteiger charge is -2.23. The van der Waals surface area contributed by atoms with Gasteiger partial charge in [-0.1, -0.05) is 140 Å². The predicted octanol–water partition coefficient (Wildman–Crippen LogP) is 11.9. The Morgan fingerprint density at radius 3 is 1.77 bits per heavy atom. The van der Waals surface area contributed by atoms with Crippen LogP contribution in [0.25, 0.3) is 33.4 Å². The van der Waals surface area contributed by atoms with Crippen LogP contribution in [0.2, 0.25) is 0 Å². The molecule has 216 valence electrons. The van der Waals surface area contributed by atoms with E-state index < -0.39 is 0 Å². The fourth-order valence-corrected chi connectivity index (χ4v) is 5.86. The van der Waals surface area contributed by atoms with Crippen molar-refractivity contribution in [3.63, 3.8) is 0 Å². The van der Waals surface area contributed by atoms with E-state index in [0.717, 1.165) is 57.9 Å². The molecule has 44 heavy (non-hydrogen) atoms. The number of benzene rings is 5. The molecule has 0 bridgehead atoms. The van der Waals surface area contributed by atoms with E-state index in [-0.39, 0.29) is 0 Å². The Morgan fingerprint density at radius 2 is 1.16 bits per heavy atom. The standard InChI is InChI=1S/C42H38N2/c1-3-35(31-19-9-5-10-20-31)39(4-2)43-41-29-38(34-25-15-8-16-26-34)42(30-37(41)33-23-13-7-14-24-33)44-40-28-18-17-27-36(40)32-21-11-6-12-22-32/h3-5,7-11,13-30,43-44H,6,12H2,1-2H3/b35-3-,39-4+. The summed E-state index contributed by atoms with van der Waals surface area (Å²) in [4.78, 5) is 0. The van der Waals surface area contributed by atoms with Gasteiger partial charge in [-0.25, -0.2) is 0 Å². The van der Waals surface area contributed by atoms with Crippen LogP contribution in [0.1, 0.15) is 37.8 Å². The Hall–Kier alpha value is -5.34. The maximum atomic E-state index is 3.87. The normalized spacial score (nSPS) is 13.4. The van der Waals surface area contributed by atoms with Crippen LogP contribution in [0.15, 0.2) is 163 Å². The fraction of sp³-hybridized carbons (Fsp3) is 0.0952. The van der Waals surface area contributed by atoms with Crippen molar-refractivity contribution in [2.24, 2.45) is 0 Å². The van der Waals surface area contributed by atoms with E-state index in [2.05, 4.69) is 182 Å². The van der Waals surface area contributed by atoms with Gasteiger partial charge in [-0.2, -0.15) is 0 Å². The number of anilines is 3. The Morgan fingerprint density at radius 1 is 0.568 bits per heavy atom. The molecular formula is C42H38N2. The molecule has 0 amide bonds. The summed E-state index contributed by atoms with van der Waals surface area (Å²) in [6, 6.07) is 45.1.